The first-order chi connectivity index (χ1) is 10.3. The zero-order valence-corrected chi connectivity index (χ0v) is 14.9. The van der Waals surface area contributed by atoms with Crippen LogP contribution in [-0.4, -0.2) is 18.5 Å². The first-order valence-corrected chi connectivity index (χ1v) is 8.12. The molecule has 1 aliphatic heterocycles. The summed E-state index contributed by atoms with van der Waals surface area (Å²) in [5, 5.41) is 0. The number of amides is 1. The molecule has 2 N–H and O–H groups in total. The summed E-state index contributed by atoms with van der Waals surface area (Å²) >= 11 is 0. The molecule has 1 fully saturated rings. The Balaban J connectivity index is 0.00000192. The number of carbonyl (C=O) groups excluding carboxylic acids is 1. The van der Waals surface area contributed by atoms with Gasteiger partial charge in [0.25, 0.3) is 0 Å². The maximum atomic E-state index is 14.5. The molecule has 1 saturated carbocycles. The lowest BCUT2D eigenvalue weighted by molar-refractivity contribution is -0.122. The molecule has 5 heteroatoms. The molecule has 0 bridgehead atoms. The lowest BCUT2D eigenvalue weighted by Gasteiger charge is -2.31. The molecular formula is C18H26ClFN2O. The minimum Gasteiger partial charge on any atom is -0.319 e. The van der Waals surface area contributed by atoms with Crippen LogP contribution in [-0.2, 0) is 10.2 Å². The van der Waals surface area contributed by atoms with Gasteiger partial charge >= 0.3 is 0 Å². The minimum absolute atomic E-state index is 0. The van der Waals surface area contributed by atoms with Gasteiger partial charge in [0.15, 0.2) is 0 Å². The number of anilines is 1. The number of benzene rings is 1. The third kappa shape index (κ3) is 2.87. The van der Waals surface area contributed by atoms with Gasteiger partial charge in [-0.1, -0.05) is 39.7 Å². The van der Waals surface area contributed by atoms with E-state index in [1.807, 2.05) is 26.8 Å². The van der Waals surface area contributed by atoms with E-state index in [0.717, 1.165) is 36.9 Å². The van der Waals surface area contributed by atoms with Crippen molar-refractivity contribution in [3.05, 3.63) is 29.6 Å². The molecule has 1 aromatic rings. The summed E-state index contributed by atoms with van der Waals surface area (Å²) in [5.41, 5.74) is 7.13. The fourth-order valence-electron chi connectivity index (χ4n) is 3.92. The summed E-state index contributed by atoms with van der Waals surface area (Å²) < 4.78 is 14.5. The predicted octanol–water partition coefficient (Wildman–Crippen LogP) is 3.78. The molecule has 3 nitrogen and oxygen atoms in total. The minimum atomic E-state index is -0.583. The van der Waals surface area contributed by atoms with Crippen LogP contribution in [0.1, 0.15) is 52.0 Å². The maximum absolute atomic E-state index is 14.5. The largest absolute Gasteiger partial charge is 0.319 e. The van der Waals surface area contributed by atoms with Crippen LogP contribution in [0.5, 0.6) is 0 Å². The number of fused-ring (bicyclic) bond motifs is 2. The Morgan fingerprint density at radius 2 is 1.91 bits per heavy atom. The zero-order chi connectivity index (χ0) is 16.1. The lowest BCUT2D eigenvalue weighted by atomic mass is 9.80. The van der Waals surface area contributed by atoms with Crippen LogP contribution in [0.15, 0.2) is 18.2 Å². The Bertz CT molecular complexity index is 606. The molecule has 1 aromatic carbocycles. The van der Waals surface area contributed by atoms with Gasteiger partial charge in [-0.2, -0.15) is 0 Å². The first-order valence-electron chi connectivity index (χ1n) is 8.12. The Kier molecular flexibility index (Phi) is 4.80. The molecule has 0 unspecified atom stereocenters. The molecule has 1 aliphatic carbocycles. The number of nitrogens with zero attached hydrogens (tertiary/aromatic N) is 1. The van der Waals surface area contributed by atoms with Crippen LogP contribution in [0.25, 0.3) is 0 Å². The second kappa shape index (κ2) is 6.06. The van der Waals surface area contributed by atoms with Gasteiger partial charge in [-0.05, 0) is 30.4 Å². The van der Waals surface area contributed by atoms with Gasteiger partial charge in [0.1, 0.15) is 5.82 Å². The van der Waals surface area contributed by atoms with E-state index in [-0.39, 0.29) is 35.0 Å². The fraction of sp³-hybridized carbons (Fsp3) is 0.611. The van der Waals surface area contributed by atoms with Crippen molar-refractivity contribution < 1.29 is 9.18 Å². The lowest BCUT2D eigenvalue weighted by Crippen LogP contribution is -2.51. The maximum Gasteiger partial charge on any atom is 0.244 e. The van der Waals surface area contributed by atoms with E-state index in [2.05, 4.69) is 0 Å². The standard InChI is InChI=1S/C18H25FN2O.ClH/c1-17(2,3)15(20)16(22)21-11-18(9-4-5-10-18)14-12(19)7-6-8-13(14)21;/h6-8,15H,4-5,9-11,20H2,1-3H3;1H/t15-;/m1./s1. The predicted molar refractivity (Wildman–Crippen MR) is 93.6 cm³/mol. The van der Waals surface area contributed by atoms with E-state index >= 15 is 0 Å². The number of carbonyl (C=O) groups is 1. The Morgan fingerprint density at radius 1 is 1.30 bits per heavy atom. The van der Waals surface area contributed by atoms with Gasteiger partial charge in [0.05, 0.1) is 11.7 Å². The van der Waals surface area contributed by atoms with Crippen LogP contribution < -0.4 is 10.6 Å². The average Bonchev–Trinajstić information content (AvgIpc) is 3.04. The van der Waals surface area contributed by atoms with Gasteiger partial charge in [-0.3, -0.25) is 4.79 Å². The highest BCUT2D eigenvalue weighted by atomic mass is 35.5. The fourth-order valence-corrected chi connectivity index (χ4v) is 3.92. The average molecular weight is 341 g/mol. The monoisotopic (exact) mass is 340 g/mol. The molecule has 128 valence electrons. The second-order valence-corrected chi connectivity index (χ2v) is 7.89. The number of hydrogen-bond donors (Lipinski definition) is 1. The highest BCUT2D eigenvalue weighted by Gasteiger charge is 2.49. The van der Waals surface area contributed by atoms with Crippen LogP contribution >= 0.6 is 12.4 Å². The van der Waals surface area contributed by atoms with E-state index < -0.39 is 6.04 Å². The molecule has 1 spiro atoms. The van der Waals surface area contributed by atoms with Crippen molar-refractivity contribution in [1.82, 2.24) is 0 Å². The molecule has 23 heavy (non-hydrogen) atoms. The van der Waals surface area contributed by atoms with Crippen molar-refractivity contribution in [2.45, 2.75) is 57.9 Å². The third-order valence-corrected chi connectivity index (χ3v) is 5.30. The van der Waals surface area contributed by atoms with E-state index in [9.17, 15) is 9.18 Å². The quantitative estimate of drug-likeness (QED) is 0.845. The smallest absolute Gasteiger partial charge is 0.244 e. The summed E-state index contributed by atoms with van der Waals surface area (Å²) in [4.78, 5) is 14.6. The Morgan fingerprint density at radius 3 is 2.48 bits per heavy atom. The SMILES string of the molecule is CC(C)(C)[C@H](N)C(=O)N1CC2(CCCC2)c2c(F)cccc21.Cl. The molecular weight excluding hydrogens is 315 g/mol. The van der Waals surface area contributed by atoms with Crippen LogP contribution in [0.4, 0.5) is 10.1 Å². The van der Waals surface area contributed by atoms with Crippen molar-refractivity contribution in [3.63, 3.8) is 0 Å². The van der Waals surface area contributed by atoms with E-state index in [4.69, 9.17) is 5.73 Å². The van der Waals surface area contributed by atoms with Gasteiger partial charge in [-0.25, -0.2) is 4.39 Å². The molecule has 1 amide bonds. The molecule has 2 aliphatic rings. The summed E-state index contributed by atoms with van der Waals surface area (Å²) in [6.07, 6.45) is 4.10. The van der Waals surface area contributed by atoms with Gasteiger partial charge in [0, 0.05) is 17.5 Å². The number of halogens is 2. The van der Waals surface area contributed by atoms with Crippen molar-refractivity contribution >= 4 is 24.0 Å². The topological polar surface area (TPSA) is 46.3 Å². The normalized spacial score (nSPS) is 20.3. The number of rotatable bonds is 1. The Labute approximate surface area is 143 Å². The molecule has 0 aromatic heterocycles. The van der Waals surface area contributed by atoms with Crippen LogP contribution in [0.3, 0.4) is 0 Å². The summed E-state index contributed by atoms with van der Waals surface area (Å²) in [7, 11) is 0. The van der Waals surface area contributed by atoms with E-state index in [0.29, 0.717) is 6.54 Å². The molecule has 1 atom stereocenters. The van der Waals surface area contributed by atoms with Crippen molar-refractivity contribution in [1.29, 1.82) is 0 Å². The number of nitrogens with two attached hydrogens (primary N) is 1. The summed E-state index contributed by atoms with van der Waals surface area (Å²) in [6, 6.07) is 4.47. The van der Waals surface area contributed by atoms with Gasteiger partial charge < -0.3 is 10.6 Å². The molecule has 0 radical (unpaired) electrons. The van der Waals surface area contributed by atoms with Crippen molar-refractivity contribution in [2.24, 2.45) is 11.1 Å². The molecule has 1 heterocycles. The van der Waals surface area contributed by atoms with E-state index in [1.165, 1.54) is 6.07 Å². The summed E-state index contributed by atoms with van der Waals surface area (Å²) in [6.45, 7) is 6.46. The van der Waals surface area contributed by atoms with Gasteiger partial charge in [-0.15, -0.1) is 12.4 Å². The second-order valence-electron chi connectivity index (χ2n) is 7.89. The summed E-state index contributed by atoms with van der Waals surface area (Å²) in [5.74, 6) is -0.276. The molecule has 3 rings (SSSR count). The van der Waals surface area contributed by atoms with Crippen LogP contribution in [0.2, 0.25) is 0 Å². The number of hydrogen-bond acceptors (Lipinski definition) is 2. The molecule has 0 saturated heterocycles. The third-order valence-electron chi connectivity index (χ3n) is 5.30. The highest BCUT2D eigenvalue weighted by Crippen LogP contribution is 2.51. The Hall–Kier alpha value is -1.13. The van der Waals surface area contributed by atoms with Crippen molar-refractivity contribution in [2.75, 3.05) is 11.4 Å². The van der Waals surface area contributed by atoms with Gasteiger partial charge in [0.2, 0.25) is 5.91 Å². The van der Waals surface area contributed by atoms with Crippen molar-refractivity contribution in [3.8, 4) is 0 Å². The van der Waals surface area contributed by atoms with Crippen LogP contribution in [0, 0.1) is 11.2 Å². The van der Waals surface area contributed by atoms with E-state index in [1.54, 1.807) is 11.0 Å². The highest BCUT2D eigenvalue weighted by molar-refractivity contribution is 6.00. The first kappa shape index (κ1) is 18.2. The zero-order valence-electron chi connectivity index (χ0n) is 14.1.